The van der Waals surface area contributed by atoms with Crippen LogP contribution in [0.25, 0.3) is 0 Å². The van der Waals surface area contributed by atoms with Crippen molar-refractivity contribution in [3.8, 4) is 0 Å². The van der Waals surface area contributed by atoms with E-state index in [0.717, 1.165) is 47.6 Å². The summed E-state index contributed by atoms with van der Waals surface area (Å²) in [5.74, 6) is 2.04. The molecule has 0 saturated carbocycles. The first-order valence-corrected chi connectivity index (χ1v) is 9.49. The normalized spacial score (nSPS) is 12.0. The number of halogens is 1. The second-order valence-electron chi connectivity index (χ2n) is 5.54. The van der Waals surface area contributed by atoms with Crippen LogP contribution in [-0.4, -0.2) is 24.7 Å². The van der Waals surface area contributed by atoms with Crippen LogP contribution in [0.5, 0.6) is 0 Å². The van der Waals surface area contributed by atoms with Gasteiger partial charge in [-0.25, -0.2) is 0 Å². The van der Waals surface area contributed by atoms with Crippen LogP contribution in [-0.2, 0) is 13.0 Å². The van der Waals surface area contributed by atoms with Gasteiger partial charge in [-0.2, -0.15) is 0 Å². The first-order chi connectivity index (χ1) is 11.7. The lowest BCUT2D eigenvalue weighted by molar-refractivity contribution is 0.368. The lowest BCUT2D eigenvalue weighted by Crippen LogP contribution is -2.37. The molecule has 0 aliphatic rings. The van der Waals surface area contributed by atoms with Crippen molar-refractivity contribution in [3.63, 3.8) is 0 Å². The van der Waals surface area contributed by atoms with Crippen LogP contribution >= 0.6 is 22.9 Å². The molecular weight excluding hydrogens is 344 g/mol. The lowest BCUT2D eigenvalue weighted by atomic mass is 9.99. The molecule has 7 heteroatoms. The van der Waals surface area contributed by atoms with Crippen LogP contribution in [0.2, 0.25) is 4.34 Å². The van der Waals surface area contributed by atoms with Gasteiger partial charge in [0.1, 0.15) is 0 Å². The third-order valence-corrected chi connectivity index (χ3v) is 5.22. The van der Waals surface area contributed by atoms with Crippen molar-refractivity contribution >= 4 is 28.9 Å². The highest BCUT2D eigenvalue weighted by Crippen LogP contribution is 2.22. The Hall–Kier alpha value is -1.53. The molecule has 0 saturated heterocycles. The quantitative estimate of drug-likeness (QED) is 0.541. The summed E-state index contributed by atoms with van der Waals surface area (Å²) in [6.07, 6.45) is 3.07. The number of hydrogen-bond donors (Lipinski definition) is 2. The molecule has 0 atom stereocenters. The van der Waals surface area contributed by atoms with E-state index in [1.807, 2.05) is 12.1 Å². The van der Waals surface area contributed by atoms with E-state index in [4.69, 9.17) is 16.1 Å². The van der Waals surface area contributed by atoms with Gasteiger partial charge in [0.05, 0.1) is 16.6 Å². The molecular formula is C17H25ClN4OS. The summed E-state index contributed by atoms with van der Waals surface area (Å²) in [7, 11) is 1.76. The average Bonchev–Trinajstić information content (AvgIpc) is 3.21. The summed E-state index contributed by atoms with van der Waals surface area (Å²) in [5, 5.41) is 10.7. The van der Waals surface area contributed by atoms with E-state index in [1.165, 1.54) is 4.88 Å². The molecule has 2 heterocycles. The fourth-order valence-corrected chi connectivity index (χ4v) is 3.58. The maximum absolute atomic E-state index is 5.94. The van der Waals surface area contributed by atoms with Crippen molar-refractivity contribution in [3.05, 3.63) is 38.9 Å². The van der Waals surface area contributed by atoms with Gasteiger partial charge in [-0.3, -0.25) is 4.99 Å². The Labute approximate surface area is 152 Å². The van der Waals surface area contributed by atoms with E-state index in [0.29, 0.717) is 12.5 Å². The molecule has 2 aromatic heterocycles. The van der Waals surface area contributed by atoms with Crippen molar-refractivity contribution in [1.82, 2.24) is 15.8 Å². The fourth-order valence-electron chi connectivity index (χ4n) is 2.49. The van der Waals surface area contributed by atoms with Gasteiger partial charge in [0.15, 0.2) is 11.7 Å². The van der Waals surface area contributed by atoms with Gasteiger partial charge in [0, 0.05) is 30.5 Å². The number of hydrogen-bond acceptors (Lipinski definition) is 4. The number of nitrogens with zero attached hydrogens (tertiary/aromatic N) is 2. The summed E-state index contributed by atoms with van der Waals surface area (Å²) in [6.45, 7) is 5.71. The zero-order valence-corrected chi connectivity index (χ0v) is 16.0. The highest BCUT2D eigenvalue weighted by molar-refractivity contribution is 7.16. The number of rotatable bonds is 8. The molecule has 0 aliphatic carbocycles. The Bertz CT molecular complexity index is 649. The van der Waals surface area contributed by atoms with Crippen LogP contribution in [0.1, 0.15) is 48.9 Å². The standard InChI is InChI=1S/C17H25ClN4OS/c1-4-12(5-2)15-10-13(23-22-15)11-21-17(19-3)20-9-8-14-6-7-16(18)24-14/h6-7,10,12H,4-5,8-9,11H2,1-3H3,(H2,19,20,21). The SMILES string of the molecule is CCC(CC)c1cc(CNC(=NC)NCCc2ccc(Cl)s2)on1. The van der Waals surface area contributed by atoms with Gasteiger partial charge in [0.25, 0.3) is 0 Å². The van der Waals surface area contributed by atoms with Crippen molar-refractivity contribution in [1.29, 1.82) is 0 Å². The Balaban J connectivity index is 1.77. The van der Waals surface area contributed by atoms with E-state index in [-0.39, 0.29) is 0 Å². The van der Waals surface area contributed by atoms with E-state index >= 15 is 0 Å². The van der Waals surface area contributed by atoms with Gasteiger partial charge in [-0.15, -0.1) is 11.3 Å². The molecule has 5 nitrogen and oxygen atoms in total. The van der Waals surface area contributed by atoms with Crippen LogP contribution in [0, 0.1) is 0 Å². The van der Waals surface area contributed by atoms with Crippen LogP contribution in [0.4, 0.5) is 0 Å². The second kappa shape index (κ2) is 9.69. The molecule has 24 heavy (non-hydrogen) atoms. The topological polar surface area (TPSA) is 62.5 Å². The van der Waals surface area contributed by atoms with Crippen molar-refractivity contribution in [2.24, 2.45) is 4.99 Å². The molecule has 0 unspecified atom stereocenters. The Morgan fingerprint density at radius 2 is 2.12 bits per heavy atom. The van der Waals surface area contributed by atoms with Crippen molar-refractivity contribution < 1.29 is 4.52 Å². The Morgan fingerprint density at radius 3 is 2.75 bits per heavy atom. The van der Waals surface area contributed by atoms with Crippen LogP contribution in [0.15, 0.2) is 27.7 Å². The summed E-state index contributed by atoms with van der Waals surface area (Å²) in [4.78, 5) is 5.48. The van der Waals surface area contributed by atoms with Crippen LogP contribution in [0.3, 0.4) is 0 Å². The van der Waals surface area contributed by atoms with Crippen molar-refractivity contribution in [2.45, 2.75) is 45.6 Å². The summed E-state index contributed by atoms with van der Waals surface area (Å²) < 4.78 is 6.24. The van der Waals surface area contributed by atoms with E-state index < -0.39 is 0 Å². The highest BCUT2D eigenvalue weighted by Gasteiger charge is 2.13. The molecule has 0 aliphatic heterocycles. The summed E-state index contributed by atoms with van der Waals surface area (Å²) in [6, 6.07) is 6.01. The number of nitrogens with one attached hydrogen (secondary N) is 2. The predicted molar refractivity (Wildman–Crippen MR) is 101 cm³/mol. The molecule has 2 rings (SSSR count). The number of guanidine groups is 1. The van der Waals surface area contributed by atoms with E-state index in [1.54, 1.807) is 18.4 Å². The average molecular weight is 369 g/mol. The number of aliphatic imine (C=N–C) groups is 1. The third-order valence-electron chi connectivity index (χ3n) is 3.93. The van der Waals surface area contributed by atoms with E-state index in [2.05, 4.69) is 40.7 Å². The Morgan fingerprint density at radius 1 is 1.33 bits per heavy atom. The van der Waals surface area contributed by atoms with Gasteiger partial charge in [-0.1, -0.05) is 30.6 Å². The minimum Gasteiger partial charge on any atom is -0.359 e. The maximum Gasteiger partial charge on any atom is 0.191 e. The lowest BCUT2D eigenvalue weighted by Gasteiger charge is -2.10. The number of thiophene rings is 1. The van der Waals surface area contributed by atoms with Gasteiger partial charge in [0.2, 0.25) is 0 Å². The zero-order valence-electron chi connectivity index (χ0n) is 14.4. The molecule has 2 N–H and O–H groups in total. The number of aromatic nitrogens is 1. The third kappa shape index (κ3) is 5.53. The van der Waals surface area contributed by atoms with Gasteiger partial charge in [-0.05, 0) is 31.4 Å². The molecule has 132 valence electrons. The smallest absolute Gasteiger partial charge is 0.191 e. The molecule has 0 bridgehead atoms. The molecule has 0 spiro atoms. The maximum atomic E-state index is 5.94. The minimum absolute atomic E-state index is 0.470. The second-order valence-corrected chi connectivity index (χ2v) is 7.34. The highest BCUT2D eigenvalue weighted by atomic mass is 35.5. The summed E-state index contributed by atoms with van der Waals surface area (Å²) >= 11 is 7.55. The summed E-state index contributed by atoms with van der Waals surface area (Å²) in [5.41, 5.74) is 1.04. The van der Waals surface area contributed by atoms with Gasteiger partial charge >= 0.3 is 0 Å². The van der Waals surface area contributed by atoms with Crippen molar-refractivity contribution in [2.75, 3.05) is 13.6 Å². The van der Waals surface area contributed by atoms with Gasteiger partial charge < -0.3 is 15.2 Å². The van der Waals surface area contributed by atoms with Crippen LogP contribution < -0.4 is 10.6 Å². The Kier molecular flexibility index (Phi) is 7.59. The molecule has 0 radical (unpaired) electrons. The molecule has 2 aromatic rings. The molecule has 0 amide bonds. The molecule has 0 aromatic carbocycles. The fraction of sp³-hybridized carbons (Fsp3) is 0.529. The first-order valence-electron chi connectivity index (χ1n) is 8.30. The predicted octanol–water partition coefficient (Wildman–Crippen LogP) is 4.20. The first kappa shape index (κ1) is 18.8. The zero-order chi connectivity index (χ0) is 17.4. The van der Waals surface area contributed by atoms with E-state index in [9.17, 15) is 0 Å². The minimum atomic E-state index is 0.470. The largest absolute Gasteiger partial charge is 0.359 e. The molecule has 0 fully saturated rings. The monoisotopic (exact) mass is 368 g/mol.